The van der Waals surface area contributed by atoms with Crippen molar-refractivity contribution in [2.24, 2.45) is 5.41 Å². The highest BCUT2D eigenvalue weighted by Crippen LogP contribution is 2.40. The van der Waals surface area contributed by atoms with Gasteiger partial charge in [-0.2, -0.15) is 10.4 Å². The van der Waals surface area contributed by atoms with E-state index in [0.29, 0.717) is 17.0 Å². The number of carbonyl (C=O) groups excluding carboxylic acids is 1. The molecule has 9 nitrogen and oxygen atoms in total. The average molecular weight is 359 g/mol. The predicted octanol–water partition coefficient (Wildman–Crippen LogP) is 0.985. The van der Waals surface area contributed by atoms with Gasteiger partial charge < -0.3 is 20.3 Å². The number of nitrogens with two attached hydrogens (primary N) is 1. The van der Waals surface area contributed by atoms with Crippen molar-refractivity contribution in [3.05, 3.63) is 24.2 Å². The maximum absolute atomic E-state index is 12.0. The van der Waals surface area contributed by atoms with E-state index in [0.717, 1.165) is 0 Å². The summed E-state index contributed by atoms with van der Waals surface area (Å²) in [6.45, 7) is 4.91. The van der Waals surface area contributed by atoms with Crippen molar-refractivity contribution < 1.29 is 19.4 Å². The number of rotatable bonds is 3. The number of aromatic nitrogens is 3. The van der Waals surface area contributed by atoms with Crippen LogP contribution >= 0.6 is 0 Å². The molecule has 3 rings (SSSR count). The Labute approximate surface area is 150 Å². The van der Waals surface area contributed by atoms with Crippen molar-refractivity contribution in [3.63, 3.8) is 0 Å². The summed E-state index contributed by atoms with van der Waals surface area (Å²) in [5.74, 6) is -0.147. The van der Waals surface area contributed by atoms with Gasteiger partial charge in [0.15, 0.2) is 11.4 Å². The molecule has 26 heavy (non-hydrogen) atoms. The Hall–Kier alpha value is -2.70. The van der Waals surface area contributed by atoms with Gasteiger partial charge in [0.05, 0.1) is 17.2 Å². The second-order valence-electron chi connectivity index (χ2n) is 7.44. The number of nitriles is 1. The third-order valence-corrected chi connectivity index (χ3v) is 4.30. The molecule has 9 heteroatoms. The smallest absolute Gasteiger partial charge is 0.311 e. The van der Waals surface area contributed by atoms with Crippen molar-refractivity contribution >= 4 is 17.3 Å². The molecule has 3 heterocycles. The van der Waals surface area contributed by atoms with Crippen LogP contribution in [-0.4, -0.2) is 44.0 Å². The highest BCUT2D eigenvalue weighted by atomic mass is 16.6. The third kappa shape index (κ3) is 3.09. The van der Waals surface area contributed by atoms with Crippen LogP contribution in [0.3, 0.4) is 0 Å². The van der Waals surface area contributed by atoms with Crippen LogP contribution in [-0.2, 0) is 14.3 Å². The first-order chi connectivity index (χ1) is 12.2. The molecule has 1 saturated heterocycles. The van der Waals surface area contributed by atoms with E-state index < -0.39 is 29.2 Å². The Morgan fingerprint density at radius 2 is 2.31 bits per heavy atom. The minimum Gasteiger partial charge on any atom is -0.461 e. The maximum atomic E-state index is 12.0. The van der Waals surface area contributed by atoms with E-state index in [4.69, 9.17) is 15.2 Å². The maximum Gasteiger partial charge on any atom is 0.311 e. The zero-order valence-corrected chi connectivity index (χ0v) is 14.8. The molecular formula is C17H21N5O4. The number of ether oxygens (including phenoxy) is 2. The summed E-state index contributed by atoms with van der Waals surface area (Å²) in [6.07, 6.45) is -0.452. The number of aliphatic hydroxyl groups excluding tert-OH is 1. The Bertz CT molecular complexity index is 881. The SMILES string of the molecule is CC(C)(C)C(=O)OC[C@]1(C#N)C[C@@H](O)[C@H](c2ccc3c(N)ncnn23)O1. The van der Waals surface area contributed by atoms with Crippen LogP contribution < -0.4 is 5.73 Å². The molecule has 1 aliphatic rings. The molecule has 3 N–H and O–H groups in total. The molecule has 2 aromatic heterocycles. The van der Waals surface area contributed by atoms with Crippen molar-refractivity contribution in [1.29, 1.82) is 5.26 Å². The van der Waals surface area contributed by atoms with Crippen molar-refractivity contribution in [3.8, 4) is 6.07 Å². The molecule has 1 fully saturated rings. The van der Waals surface area contributed by atoms with E-state index in [-0.39, 0.29) is 13.0 Å². The minimum absolute atomic E-state index is 0.0133. The Kier molecular flexibility index (Phi) is 4.34. The van der Waals surface area contributed by atoms with Crippen molar-refractivity contribution in [2.45, 2.75) is 45.0 Å². The van der Waals surface area contributed by atoms with Gasteiger partial charge >= 0.3 is 5.97 Å². The van der Waals surface area contributed by atoms with Gasteiger partial charge in [0.2, 0.25) is 0 Å². The second kappa shape index (κ2) is 6.23. The zero-order chi connectivity index (χ0) is 19.1. The number of anilines is 1. The molecule has 3 atom stereocenters. The predicted molar refractivity (Wildman–Crippen MR) is 90.6 cm³/mol. The number of hydrogen-bond donors (Lipinski definition) is 2. The minimum atomic E-state index is -1.42. The summed E-state index contributed by atoms with van der Waals surface area (Å²) >= 11 is 0. The first-order valence-corrected chi connectivity index (χ1v) is 8.19. The Balaban J connectivity index is 1.84. The lowest BCUT2D eigenvalue weighted by atomic mass is 9.96. The number of nitrogen functional groups attached to an aromatic ring is 1. The second-order valence-corrected chi connectivity index (χ2v) is 7.44. The van der Waals surface area contributed by atoms with Gasteiger partial charge in [-0.25, -0.2) is 9.50 Å². The van der Waals surface area contributed by atoms with Crippen LogP contribution in [0.4, 0.5) is 5.82 Å². The molecule has 0 spiro atoms. The fourth-order valence-electron chi connectivity index (χ4n) is 2.86. The fourth-order valence-corrected chi connectivity index (χ4v) is 2.86. The molecule has 0 bridgehead atoms. The number of fused-ring (bicyclic) bond motifs is 1. The topological polar surface area (TPSA) is 136 Å². The number of aliphatic hydroxyl groups is 1. The van der Waals surface area contributed by atoms with Crippen molar-refractivity contribution in [1.82, 2.24) is 14.6 Å². The van der Waals surface area contributed by atoms with Gasteiger partial charge in [-0.3, -0.25) is 4.79 Å². The van der Waals surface area contributed by atoms with E-state index >= 15 is 0 Å². The molecule has 0 saturated carbocycles. The molecule has 0 aromatic carbocycles. The molecule has 0 radical (unpaired) electrons. The highest BCUT2D eigenvalue weighted by molar-refractivity contribution is 5.75. The first kappa shape index (κ1) is 18.1. The monoisotopic (exact) mass is 359 g/mol. The van der Waals surface area contributed by atoms with E-state index in [1.165, 1.54) is 10.8 Å². The largest absolute Gasteiger partial charge is 0.461 e. The Morgan fingerprint density at radius 1 is 1.58 bits per heavy atom. The summed E-state index contributed by atoms with van der Waals surface area (Å²) in [5.41, 5.74) is 4.82. The van der Waals surface area contributed by atoms with Gasteiger partial charge in [0, 0.05) is 6.42 Å². The average Bonchev–Trinajstić information content (AvgIpc) is 3.14. The van der Waals surface area contributed by atoms with Crippen molar-refractivity contribution in [2.75, 3.05) is 12.3 Å². The summed E-state index contributed by atoms with van der Waals surface area (Å²) in [5, 5.41) is 24.2. The molecule has 138 valence electrons. The summed E-state index contributed by atoms with van der Waals surface area (Å²) < 4.78 is 12.6. The van der Waals surface area contributed by atoms with Crippen LogP contribution in [0, 0.1) is 16.7 Å². The van der Waals surface area contributed by atoms with E-state index in [9.17, 15) is 15.2 Å². The third-order valence-electron chi connectivity index (χ3n) is 4.30. The summed E-state index contributed by atoms with van der Waals surface area (Å²) in [6, 6.07) is 5.47. The zero-order valence-electron chi connectivity index (χ0n) is 14.8. The number of carbonyl (C=O) groups is 1. The van der Waals surface area contributed by atoms with Crippen LogP contribution in [0.2, 0.25) is 0 Å². The van der Waals surface area contributed by atoms with Gasteiger partial charge in [-0.05, 0) is 32.9 Å². The summed E-state index contributed by atoms with van der Waals surface area (Å²) in [7, 11) is 0. The fraction of sp³-hybridized carbons (Fsp3) is 0.529. The lowest BCUT2D eigenvalue weighted by molar-refractivity contribution is -0.160. The van der Waals surface area contributed by atoms with E-state index in [1.807, 2.05) is 6.07 Å². The van der Waals surface area contributed by atoms with Crippen LogP contribution in [0.5, 0.6) is 0 Å². The van der Waals surface area contributed by atoms with Gasteiger partial charge in [-0.1, -0.05) is 0 Å². The standard InChI is InChI=1S/C17H21N5O4/c1-16(2,3)15(24)25-8-17(7-18)6-12(23)13(26-17)10-4-5-11-14(19)20-9-21-22(10)11/h4-5,9,12-13,23H,6,8H2,1-3H3,(H2,19,20,21)/t12-,13+,17-/m1/s1. The molecular weight excluding hydrogens is 338 g/mol. The van der Waals surface area contributed by atoms with E-state index in [1.54, 1.807) is 32.9 Å². The first-order valence-electron chi connectivity index (χ1n) is 8.19. The molecule has 0 unspecified atom stereocenters. The normalized spacial score (nSPS) is 26.0. The van der Waals surface area contributed by atoms with Crippen LogP contribution in [0.1, 0.15) is 39.0 Å². The lowest BCUT2D eigenvalue weighted by Gasteiger charge is -2.24. The van der Waals surface area contributed by atoms with Crippen LogP contribution in [0.15, 0.2) is 18.5 Å². The van der Waals surface area contributed by atoms with Gasteiger partial charge in [0.1, 0.15) is 30.6 Å². The van der Waals surface area contributed by atoms with Gasteiger partial charge in [0.25, 0.3) is 0 Å². The lowest BCUT2D eigenvalue weighted by Crippen LogP contribution is -2.36. The highest BCUT2D eigenvalue weighted by Gasteiger charge is 2.49. The quantitative estimate of drug-likeness (QED) is 0.774. The molecule has 0 amide bonds. The summed E-state index contributed by atoms with van der Waals surface area (Å²) in [4.78, 5) is 15.9. The van der Waals surface area contributed by atoms with Crippen LogP contribution in [0.25, 0.3) is 5.52 Å². The van der Waals surface area contributed by atoms with E-state index in [2.05, 4.69) is 10.1 Å². The number of nitrogens with zero attached hydrogens (tertiary/aromatic N) is 4. The Morgan fingerprint density at radius 3 is 2.96 bits per heavy atom. The molecule has 1 aliphatic heterocycles. The van der Waals surface area contributed by atoms with Gasteiger partial charge in [-0.15, -0.1) is 0 Å². The number of esters is 1. The molecule has 2 aromatic rings. The molecule has 0 aliphatic carbocycles. The number of hydrogen-bond acceptors (Lipinski definition) is 8.